The second kappa shape index (κ2) is 7.42. The van der Waals surface area contributed by atoms with Gasteiger partial charge in [0, 0.05) is 31.7 Å². The Morgan fingerprint density at radius 2 is 2.00 bits per heavy atom. The molecule has 2 aromatic rings. The van der Waals surface area contributed by atoms with E-state index < -0.39 is 17.6 Å². The van der Waals surface area contributed by atoms with E-state index in [1.165, 1.54) is 0 Å². The minimum absolute atomic E-state index is 0.0817. The van der Waals surface area contributed by atoms with Crippen LogP contribution >= 0.6 is 0 Å². The lowest BCUT2D eigenvalue weighted by molar-refractivity contribution is -0.137. The summed E-state index contributed by atoms with van der Waals surface area (Å²) < 4.78 is 58.4. The van der Waals surface area contributed by atoms with Crippen molar-refractivity contribution in [3.8, 4) is 0 Å². The van der Waals surface area contributed by atoms with E-state index in [0.29, 0.717) is 37.9 Å². The molecule has 4 nitrogen and oxygen atoms in total. The Morgan fingerprint density at radius 3 is 2.76 bits per heavy atom. The highest BCUT2D eigenvalue weighted by Gasteiger charge is 2.32. The number of halogens is 4. The number of ether oxygens (including phenoxy) is 1. The normalized spacial score (nSPS) is 19.9. The van der Waals surface area contributed by atoms with Gasteiger partial charge in [0.25, 0.3) is 5.91 Å². The minimum Gasteiger partial charge on any atom is -0.371 e. The van der Waals surface area contributed by atoms with E-state index in [1.54, 1.807) is 0 Å². The average molecular weight is 408 g/mol. The number of hydrogen-bond acceptors (Lipinski definition) is 3. The molecule has 0 bridgehead atoms. The molecule has 2 aromatic carbocycles. The van der Waals surface area contributed by atoms with Crippen LogP contribution in [-0.2, 0) is 24.0 Å². The maximum atomic E-state index is 13.7. The largest absolute Gasteiger partial charge is 0.416 e. The van der Waals surface area contributed by atoms with Gasteiger partial charge in [-0.05, 0) is 47.4 Å². The van der Waals surface area contributed by atoms with Crippen LogP contribution in [0.5, 0.6) is 0 Å². The van der Waals surface area contributed by atoms with Crippen LogP contribution in [0.2, 0.25) is 0 Å². The van der Waals surface area contributed by atoms with Gasteiger partial charge in [0.1, 0.15) is 5.82 Å². The van der Waals surface area contributed by atoms with E-state index in [4.69, 9.17) is 4.74 Å². The van der Waals surface area contributed by atoms with Gasteiger partial charge in [0.15, 0.2) is 0 Å². The Hall–Kier alpha value is -2.45. The number of carbonyl (C=O) groups is 1. The summed E-state index contributed by atoms with van der Waals surface area (Å²) in [5.74, 6) is -0.979. The summed E-state index contributed by atoms with van der Waals surface area (Å²) in [6, 6.07) is 6.50. The molecule has 0 radical (unpaired) electrons. The van der Waals surface area contributed by atoms with Gasteiger partial charge in [-0.15, -0.1) is 0 Å². The number of carbonyl (C=O) groups excluding carboxylic acids is 1. The highest BCUT2D eigenvalue weighted by Crippen LogP contribution is 2.32. The molecule has 0 aliphatic carbocycles. The molecule has 0 saturated carbocycles. The zero-order valence-corrected chi connectivity index (χ0v) is 15.8. The number of benzene rings is 2. The van der Waals surface area contributed by atoms with Crippen molar-refractivity contribution in [3.63, 3.8) is 0 Å². The van der Waals surface area contributed by atoms with E-state index in [2.05, 4.69) is 5.32 Å². The SMILES string of the molecule is Cc1cc(C2CN(Cc3cc(F)cc(C(F)(F)F)c3)CCO2)cc2c1C(=O)NC2. The smallest absolute Gasteiger partial charge is 0.371 e. The molecule has 2 heterocycles. The van der Waals surface area contributed by atoms with E-state index >= 15 is 0 Å². The number of nitrogens with one attached hydrogen (secondary N) is 1. The van der Waals surface area contributed by atoms with Crippen molar-refractivity contribution in [3.05, 3.63) is 69.5 Å². The van der Waals surface area contributed by atoms with Crippen LogP contribution in [0.15, 0.2) is 30.3 Å². The van der Waals surface area contributed by atoms with Gasteiger partial charge in [-0.1, -0.05) is 12.1 Å². The topological polar surface area (TPSA) is 41.6 Å². The summed E-state index contributed by atoms with van der Waals surface area (Å²) in [6.45, 7) is 3.97. The van der Waals surface area contributed by atoms with Crippen molar-refractivity contribution >= 4 is 5.91 Å². The summed E-state index contributed by atoms with van der Waals surface area (Å²) in [6.07, 6.45) is -4.85. The number of aryl methyl sites for hydroxylation is 1. The van der Waals surface area contributed by atoms with Crippen LogP contribution in [0.1, 0.15) is 44.3 Å². The Labute approximate surface area is 165 Å². The fourth-order valence-corrected chi connectivity index (χ4v) is 4.02. The summed E-state index contributed by atoms with van der Waals surface area (Å²) in [4.78, 5) is 13.8. The average Bonchev–Trinajstić information content (AvgIpc) is 3.02. The van der Waals surface area contributed by atoms with Crippen molar-refractivity contribution in [2.75, 3.05) is 19.7 Å². The number of hydrogen-bond donors (Lipinski definition) is 1. The quantitative estimate of drug-likeness (QED) is 0.782. The zero-order valence-electron chi connectivity index (χ0n) is 15.8. The predicted molar refractivity (Wildman–Crippen MR) is 97.7 cm³/mol. The van der Waals surface area contributed by atoms with E-state index in [-0.39, 0.29) is 24.1 Å². The third-order valence-corrected chi connectivity index (χ3v) is 5.32. The lowest BCUT2D eigenvalue weighted by atomic mass is 9.97. The lowest BCUT2D eigenvalue weighted by Gasteiger charge is -2.33. The molecule has 2 aliphatic rings. The molecule has 8 heteroatoms. The Bertz CT molecular complexity index is 958. The molecule has 29 heavy (non-hydrogen) atoms. The van der Waals surface area contributed by atoms with E-state index in [1.807, 2.05) is 24.0 Å². The van der Waals surface area contributed by atoms with Gasteiger partial charge in [-0.25, -0.2) is 4.39 Å². The van der Waals surface area contributed by atoms with Crippen LogP contribution < -0.4 is 5.32 Å². The van der Waals surface area contributed by atoms with Crippen molar-refractivity contribution in [1.82, 2.24) is 10.2 Å². The molecule has 1 fully saturated rings. The number of fused-ring (bicyclic) bond motifs is 1. The first-order valence-corrected chi connectivity index (χ1v) is 9.33. The summed E-state index contributed by atoms with van der Waals surface area (Å²) >= 11 is 0. The van der Waals surface area contributed by atoms with Gasteiger partial charge < -0.3 is 10.1 Å². The van der Waals surface area contributed by atoms with Crippen LogP contribution in [0.4, 0.5) is 17.6 Å². The molecule has 1 N–H and O–H groups in total. The molecular weight excluding hydrogens is 388 g/mol. The molecule has 154 valence electrons. The van der Waals surface area contributed by atoms with Crippen LogP contribution in [0, 0.1) is 12.7 Å². The highest BCUT2D eigenvalue weighted by molar-refractivity contribution is 5.99. The fourth-order valence-electron chi connectivity index (χ4n) is 4.02. The molecular formula is C21H20F4N2O2. The molecule has 1 atom stereocenters. The number of amides is 1. The molecule has 0 aromatic heterocycles. The Kier molecular flexibility index (Phi) is 5.08. The van der Waals surface area contributed by atoms with Gasteiger partial charge in [0.2, 0.25) is 0 Å². The summed E-state index contributed by atoms with van der Waals surface area (Å²) in [5.41, 5.74) is 2.71. The van der Waals surface area contributed by atoms with Crippen molar-refractivity contribution < 1.29 is 27.1 Å². The molecule has 2 aliphatic heterocycles. The number of morpholine rings is 1. The second-order valence-corrected chi connectivity index (χ2v) is 7.50. The van der Waals surface area contributed by atoms with Crippen LogP contribution in [0.3, 0.4) is 0 Å². The van der Waals surface area contributed by atoms with Crippen LogP contribution in [0.25, 0.3) is 0 Å². The Morgan fingerprint density at radius 1 is 1.21 bits per heavy atom. The molecule has 1 unspecified atom stereocenters. The Balaban J connectivity index is 1.52. The van der Waals surface area contributed by atoms with E-state index in [9.17, 15) is 22.4 Å². The monoisotopic (exact) mass is 408 g/mol. The first-order chi connectivity index (χ1) is 13.7. The molecule has 1 amide bonds. The first kappa shape index (κ1) is 19.8. The summed E-state index contributed by atoms with van der Waals surface area (Å²) in [5, 5.41) is 2.80. The standard InChI is InChI=1S/C21H20F4N2O2/c1-12-4-14(7-15-9-26-20(28)19(12)15)18-11-27(2-3-29-18)10-13-5-16(21(23,24)25)8-17(22)6-13/h4-8,18H,2-3,9-11H2,1H3,(H,26,28). The first-order valence-electron chi connectivity index (χ1n) is 9.33. The number of alkyl halides is 3. The molecule has 1 saturated heterocycles. The third kappa shape index (κ3) is 4.13. The van der Waals surface area contributed by atoms with Crippen LogP contribution in [-0.4, -0.2) is 30.5 Å². The lowest BCUT2D eigenvalue weighted by Crippen LogP contribution is -2.38. The van der Waals surface area contributed by atoms with Gasteiger partial charge in [0.05, 0.1) is 18.3 Å². The summed E-state index contributed by atoms with van der Waals surface area (Å²) in [7, 11) is 0. The van der Waals surface area contributed by atoms with Crippen molar-refractivity contribution in [1.29, 1.82) is 0 Å². The maximum absolute atomic E-state index is 13.7. The van der Waals surface area contributed by atoms with E-state index in [0.717, 1.165) is 28.8 Å². The van der Waals surface area contributed by atoms with Crippen molar-refractivity contribution in [2.24, 2.45) is 0 Å². The molecule has 0 spiro atoms. The minimum atomic E-state index is -4.59. The molecule has 4 rings (SSSR count). The number of rotatable bonds is 3. The third-order valence-electron chi connectivity index (χ3n) is 5.32. The van der Waals surface area contributed by atoms with Gasteiger partial charge >= 0.3 is 6.18 Å². The van der Waals surface area contributed by atoms with Gasteiger partial charge in [-0.3, -0.25) is 9.69 Å². The highest BCUT2D eigenvalue weighted by atomic mass is 19.4. The maximum Gasteiger partial charge on any atom is 0.416 e. The fraction of sp³-hybridized carbons (Fsp3) is 0.381. The second-order valence-electron chi connectivity index (χ2n) is 7.50. The zero-order chi connectivity index (χ0) is 20.8. The van der Waals surface area contributed by atoms with Crippen molar-refractivity contribution in [2.45, 2.75) is 32.3 Å². The number of nitrogens with zero attached hydrogens (tertiary/aromatic N) is 1. The predicted octanol–water partition coefficient (Wildman–Crippen LogP) is 3.97. The van der Waals surface area contributed by atoms with Gasteiger partial charge in [-0.2, -0.15) is 13.2 Å².